The van der Waals surface area contributed by atoms with Crippen molar-refractivity contribution in [2.75, 3.05) is 44.6 Å². The van der Waals surface area contributed by atoms with Crippen molar-refractivity contribution in [3.8, 4) is 17.2 Å². The number of methoxy groups -OCH3 is 2. The second-order valence-electron chi connectivity index (χ2n) is 11.8. The summed E-state index contributed by atoms with van der Waals surface area (Å²) in [5.41, 5.74) is 4.30. The Morgan fingerprint density at radius 2 is 1.93 bits per heavy atom. The summed E-state index contributed by atoms with van der Waals surface area (Å²) in [5, 5.41) is 7.93. The molecule has 42 heavy (non-hydrogen) atoms. The molecule has 2 aliphatic rings. The Labute approximate surface area is 251 Å². The maximum Gasteiger partial charge on any atom is 0.240 e. The summed E-state index contributed by atoms with van der Waals surface area (Å²) in [6.07, 6.45) is 1.93. The Balaban J connectivity index is 1.67. The summed E-state index contributed by atoms with van der Waals surface area (Å²) >= 11 is 1.53. The van der Waals surface area contributed by atoms with Gasteiger partial charge in [-0.25, -0.2) is 4.68 Å². The van der Waals surface area contributed by atoms with Crippen LogP contribution in [-0.4, -0.2) is 67.4 Å². The van der Waals surface area contributed by atoms with E-state index in [4.69, 9.17) is 19.3 Å². The standard InChI is InChI=1S/C32H40N4O5S/c1-20-9-7-10-22(15-20)36-31-28(30(34-36)32(2,3)4)29(21-12-13-24(39-5)25(16-21)40-6)42-19-27(38)35(31)18-26(37)33-17-23-11-8-14-41-23/h7,9-10,12-13,15-16,23,29H,8,11,14,17-19H2,1-6H3,(H,33,37)/t23-,29+/m1/s1. The molecule has 224 valence electrons. The van der Waals surface area contributed by atoms with Crippen molar-refractivity contribution in [2.24, 2.45) is 0 Å². The summed E-state index contributed by atoms with van der Waals surface area (Å²) in [7, 11) is 3.23. The van der Waals surface area contributed by atoms with E-state index in [9.17, 15) is 9.59 Å². The molecule has 0 unspecified atom stereocenters. The molecule has 2 amide bonds. The normalized spacial score (nSPS) is 18.9. The number of hydrogen-bond donors (Lipinski definition) is 1. The zero-order chi connectivity index (χ0) is 30.0. The highest BCUT2D eigenvalue weighted by molar-refractivity contribution is 8.00. The summed E-state index contributed by atoms with van der Waals surface area (Å²) in [4.78, 5) is 28.8. The van der Waals surface area contributed by atoms with Gasteiger partial charge in [-0.2, -0.15) is 5.10 Å². The molecule has 3 heterocycles. The van der Waals surface area contributed by atoms with Gasteiger partial charge < -0.3 is 19.5 Å². The molecule has 0 spiro atoms. The van der Waals surface area contributed by atoms with E-state index in [2.05, 4.69) is 26.1 Å². The van der Waals surface area contributed by atoms with E-state index in [-0.39, 0.29) is 40.9 Å². The van der Waals surface area contributed by atoms with Crippen LogP contribution >= 0.6 is 11.8 Å². The zero-order valence-electron chi connectivity index (χ0n) is 25.2. The molecule has 1 saturated heterocycles. The number of aromatic nitrogens is 2. The molecule has 3 aromatic rings. The number of rotatable bonds is 8. The van der Waals surface area contributed by atoms with Crippen LogP contribution in [0.2, 0.25) is 0 Å². The van der Waals surface area contributed by atoms with Gasteiger partial charge in [-0.3, -0.25) is 14.5 Å². The number of amides is 2. The van der Waals surface area contributed by atoms with Gasteiger partial charge >= 0.3 is 0 Å². The molecule has 5 rings (SSSR count). The van der Waals surface area contributed by atoms with Crippen LogP contribution in [0.5, 0.6) is 11.5 Å². The van der Waals surface area contributed by atoms with E-state index in [0.29, 0.717) is 30.5 Å². The van der Waals surface area contributed by atoms with Gasteiger partial charge in [0.2, 0.25) is 11.8 Å². The molecule has 1 fully saturated rings. The number of thioether (sulfide) groups is 1. The van der Waals surface area contributed by atoms with Crippen LogP contribution in [0.15, 0.2) is 42.5 Å². The minimum absolute atomic E-state index is 0.0136. The zero-order valence-corrected chi connectivity index (χ0v) is 26.0. The number of nitrogens with zero attached hydrogens (tertiary/aromatic N) is 3. The fourth-order valence-electron chi connectivity index (χ4n) is 5.52. The van der Waals surface area contributed by atoms with Crippen LogP contribution < -0.4 is 19.7 Å². The molecule has 10 heteroatoms. The molecule has 1 N–H and O–H groups in total. The van der Waals surface area contributed by atoms with E-state index >= 15 is 0 Å². The van der Waals surface area contributed by atoms with Gasteiger partial charge in [-0.1, -0.05) is 39.0 Å². The van der Waals surface area contributed by atoms with Crippen molar-refractivity contribution >= 4 is 29.4 Å². The quantitative estimate of drug-likeness (QED) is 0.395. The first-order valence-electron chi connectivity index (χ1n) is 14.3. The molecule has 1 aromatic heterocycles. The lowest BCUT2D eigenvalue weighted by molar-refractivity contribution is -0.123. The van der Waals surface area contributed by atoms with Crippen molar-refractivity contribution < 1.29 is 23.8 Å². The first-order valence-corrected chi connectivity index (χ1v) is 15.4. The number of carbonyl (C=O) groups is 2. The molecular formula is C32H40N4O5S. The highest BCUT2D eigenvalue weighted by atomic mass is 32.2. The fraction of sp³-hybridized carbons (Fsp3) is 0.469. The minimum Gasteiger partial charge on any atom is -0.493 e. The smallest absolute Gasteiger partial charge is 0.240 e. The predicted molar refractivity (Wildman–Crippen MR) is 165 cm³/mol. The summed E-state index contributed by atoms with van der Waals surface area (Å²) in [6, 6.07) is 13.9. The van der Waals surface area contributed by atoms with Gasteiger partial charge in [-0.15, -0.1) is 11.8 Å². The van der Waals surface area contributed by atoms with Crippen LogP contribution in [0.25, 0.3) is 5.69 Å². The monoisotopic (exact) mass is 592 g/mol. The van der Waals surface area contributed by atoms with Crippen LogP contribution in [0, 0.1) is 6.92 Å². The Morgan fingerprint density at radius 1 is 1.14 bits per heavy atom. The Kier molecular flexibility index (Phi) is 8.84. The molecule has 9 nitrogen and oxygen atoms in total. The lowest BCUT2D eigenvalue weighted by atomic mass is 9.87. The summed E-state index contributed by atoms with van der Waals surface area (Å²) in [5.74, 6) is 1.69. The first kappa shape index (κ1) is 30.0. The molecular weight excluding hydrogens is 552 g/mol. The predicted octanol–water partition coefficient (Wildman–Crippen LogP) is 4.96. The number of anilines is 1. The van der Waals surface area contributed by atoms with Gasteiger partial charge in [0.05, 0.1) is 42.7 Å². The van der Waals surface area contributed by atoms with Gasteiger partial charge in [-0.05, 0) is 55.2 Å². The number of carbonyl (C=O) groups excluding carboxylic acids is 2. The van der Waals surface area contributed by atoms with Crippen molar-refractivity contribution in [3.63, 3.8) is 0 Å². The lowest BCUT2D eigenvalue weighted by Crippen LogP contribution is -2.44. The molecule has 0 radical (unpaired) electrons. The van der Waals surface area contributed by atoms with E-state index in [0.717, 1.165) is 40.9 Å². The second-order valence-corrected chi connectivity index (χ2v) is 12.9. The van der Waals surface area contributed by atoms with E-state index in [1.165, 1.54) is 11.8 Å². The number of nitrogens with one attached hydrogen (secondary N) is 1. The molecule has 2 aromatic carbocycles. The Hall–Kier alpha value is -3.50. The number of fused-ring (bicyclic) bond motifs is 1. The minimum atomic E-state index is -0.352. The average Bonchev–Trinajstić information content (AvgIpc) is 3.60. The van der Waals surface area contributed by atoms with Crippen LogP contribution in [-0.2, 0) is 19.7 Å². The lowest BCUT2D eigenvalue weighted by Gasteiger charge is -2.25. The average molecular weight is 593 g/mol. The molecule has 0 bridgehead atoms. The number of aryl methyl sites for hydroxylation is 1. The van der Waals surface area contributed by atoms with Gasteiger partial charge in [0.1, 0.15) is 12.4 Å². The maximum atomic E-state index is 13.9. The largest absolute Gasteiger partial charge is 0.493 e. The fourth-order valence-corrected chi connectivity index (χ4v) is 6.71. The van der Waals surface area contributed by atoms with E-state index < -0.39 is 0 Å². The SMILES string of the molecule is COc1ccc([C@@H]2SCC(=O)N(CC(=O)NC[C@H]3CCCO3)c3c2c(C(C)(C)C)nn3-c2cccc(C)c2)cc1OC. The van der Waals surface area contributed by atoms with Crippen LogP contribution in [0.1, 0.15) is 61.2 Å². The number of hydrogen-bond acceptors (Lipinski definition) is 7. The first-order chi connectivity index (χ1) is 20.1. The third kappa shape index (κ3) is 6.15. The molecule has 0 aliphatic carbocycles. The van der Waals surface area contributed by atoms with Crippen LogP contribution in [0.3, 0.4) is 0 Å². The third-order valence-electron chi connectivity index (χ3n) is 7.61. The van der Waals surface area contributed by atoms with Gasteiger partial charge in [0.15, 0.2) is 11.5 Å². The Morgan fingerprint density at radius 3 is 2.60 bits per heavy atom. The van der Waals surface area contributed by atoms with E-state index in [1.54, 1.807) is 19.1 Å². The topological polar surface area (TPSA) is 94.9 Å². The van der Waals surface area contributed by atoms with Crippen molar-refractivity contribution in [3.05, 3.63) is 64.8 Å². The van der Waals surface area contributed by atoms with Gasteiger partial charge in [0, 0.05) is 24.1 Å². The number of benzene rings is 2. The summed E-state index contributed by atoms with van der Waals surface area (Å²) < 4.78 is 18.7. The van der Waals surface area contributed by atoms with Crippen LogP contribution in [0.4, 0.5) is 5.82 Å². The highest BCUT2D eigenvalue weighted by Crippen LogP contribution is 2.49. The van der Waals surface area contributed by atoms with Crippen molar-refractivity contribution in [1.82, 2.24) is 15.1 Å². The molecule has 2 aliphatic heterocycles. The second kappa shape index (κ2) is 12.4. The molecule has 0 saturated carbocycles. The summed E-state index contributed by atoms with van der Waals surface area (Å²) in [6.45, 7) is 9.43. The maximum absolute atomic E-state index is 13.9. The third-order valence-corrected chi connectivity index (χ3v) is 8.86. The number of ether oxygens (including phenoxy) is 3. The molecule has 2 atom stereocenters. The van der Waals surface area contributed by atoms with E-state index in [1.807, 2.05) is 54.1 Å². The Bertz CT molecular complexity index is 1460. The van der Waals surface area contributed by atoms with Gasteiger partial charge in [0.25, 0.3) is 0 Å². The highest BCUT2D eigenvalue weighted by Gasteiger charge is 2.40. The van der Waals surface area contributed by atoms with Crippen molar-refractivity contribution in [1.29, 1.82) is 0 Å². The van der Waals surface area contributed by atoms with Crippen molar-refractivity contribution in [2.45, 2.75) is 57.3 Å².